The zero-order chi connectivity index (χ0) is 16.0. The van der Waals surface area contributed by atoms with E-state index in [1.165, 1.54) is 37.5 Å². The van der Waals surface area contributed by atoms with E-state index in [0.717, 1.165) is 32.1 Å². The summed E-state index contributed by atoms with van der Waals surface area (Å²) in [5, 5.41) is 3.39. The molecule has 0 radical (unpaired) electrons. The van der Waals surface area contributed by atoms with Crippen LogP contribution in [0.3, 0.4) is 0 Å². The highest BCUT2D eigenvalue weighted by Crippen LogP contribution is 2.28. The number of nitrogens with zero attached hydrogens (tertiary/aromatic N) is 3. The monoisotopic (exact) mass is 353 g/mol. The van der Waals surface area contributed by atoms with E-state index in [-0.39, 0.29) is 0 Å². The molecule has 3 rings (SSSR count). The molecule has 1 aromatic heterocycles. The van der Waals surface area contributed by atoms with Gasteiger partial charge in [-0.05, 0) is 19.3 Å². The molecule has 2 aliphatic heterocycles. The maximum Gasteiger partial charge on any atom is 0.187 e. The molecule has 126 valence electrons. The average Bonchev–Trinajstić information content (AvgIpc) is 2.97. The first-order chi connectivity index (χ1) is 10.4. The van der Waals surface area contributed by atoms with E-state index in [1.807, 2.05) is 0 Å². The number of halogens is 1. The van der Waals surface area contributed by atoms with Crippen LogP contribution >= 0.6 is 11.3 Å². The average molecular weight is 354 g/mol. The summed E-state index contributed by atoms with van der Waals surface area (Å²) in [5.74, 6) is 1.14. The Labute approximate surface area is 135 Å². The molecule has 0 aliphatic carbocycles. The Morgan fingerprint density at radius 1 is 1.05 bits per heavy atom. The summed E-state index contributed by atoms with van der Waals surface area (Å²) in [4.78, 5) is 9.53. The number of hydrogen-bond acceptors (Lipinski definition) is 9. The molecular weight excluding hydrogens is 334 g/mol. The van der Waals surface area contributed by atoms with Crippen molar-refractivity contribution in [1.82, 2.24) is 4.98 Å². The van der Waals surface area contributed by atoms with Gasteiger partial charge in [0.05, 0.1) is 28.1 Å². The standard InChI is InChI=1S/C12H19N3OS.ClHO4/c1-2-4-15(5-3-1)12-13-11(10-17-12)14-6-8-16-9-7-14;2-1(3,4)5/h10H,1-9H2;(H,2,3,4,5). The molecule has 22 heavy (non-hydrogen) atoms. The molecule has 2 fully saturated rings. The predicted molar refractivity (Wildman–Crippen MR) is 73.4 cm³/mol. The minimum atomic E-state index is -4.69. The van der Waals surface area contributed by atoms with Crippen molar-refractivity contribution in [3.8, 4) is 0 Å². The van der Waals surface area contributed by atoms with Crippen LogP contribution in [0.15, 0.2) is 5.38 Å². The Morgan fingerprint density at radius 2 is 1.64 bits per heavy atom. The highest BCUT2D eigenvalue weighted by molar-refractivity contribution is 7.14. The van der Waals surface area contributed by atoms with Crippen molar-refractivity contribution in [2.75, 3.05) is 49.2 Å². The first-order valence-corrected chi connectivity index (χ1v) is 9.24. The topological polar surface area (TPSA) is 118 Å². The molecule has 0 unspecified atom stereocenters. The van der Waals surface area contributed by atoms with Crippen LogP contribution in [0.25, 0.3) is 0 Å². The molecule has 0 atom stereocenters. The minimum absolute atomic E-state index is 0.830. The Balaban J connectivity index is 0.000000309. The maximum absolute atomic E-state index is 8.60. The van der Waals surface area contributed by atoms with Gasteiger partial charge in [-0.25, -0.2) is 4.98 Å². The van der Waals surface area contributed by atoms with E-state index in [2.05, 4.69) is 15.2 Å². The van der Waals surface area contributed by atoms with Crippen molar-refractivity contribution in [1.29, 1.82) is 0 Å². The number of morpholine rings is 1. The fourth-order valence-corrected chi connectivity index (χ4v) is 3.31. The Morgan fingerprint density at radius 3 is 2.23 bits per heavy atom. The van der Waals surface area contributed by atoms with Crippen molar-refractivity contribution in [3.05, 3.63) is 5.38 Å². The lowest BCUT2D eigenvalue weighted by molar-refractivity contribution is -1.92. The van der Waals surface area contributed by atoms with Gasteiger partial charge in [-0.15, -0.1) is 11.3 Å². The van der Waals surface area contributed by atoms with Crippen LogP contribution in [0.2, 0.25) is 0 Å². The number of hydrogen-bond donors (Lipinski definition) is 1. The number of rotatable bonds is 2. The fraction of sp³-hybridized carbons (Fsp3) is 0.750. The zero-order valence-electron chi connectivity index (χ0n) is 12.1. The molecule has 0 bridgehead atoms. The summed E-state index contributed by atoms with van der Waals surface area (Å²) in [5.41, 5.74) is 0. The lowest BCUT2D eigenvalue weighted by Crippen LogP contribution is -2.58. The van der Waals surface area contributed by atoms with Crippen LogP contribution in [-0.4, -0.2) is 49.0 Å². The van der Waals surface area contributed by atoms with Crippen molar-refractivity contribution < 1.29 is 33.6 Å². The van der Waals surface area contributed by atoms with Gasteiger partial charge in [0.25, 0.3) is 0 Å². The van der Waals surface area contributed by atoms with Crippen LogP contribution in [0.4, 0.5) is 10.9 Å². The minimum Gasteiger partial charge on any atom is -0.378 e. The van der Waals surface area contributed by atoms with Gasteiger partial charge in [0.1, 0.15) is 5.82 Å². The van der Waals surface area contributed by atoms with Gasteiger partial charge in [-0.1, -0.05) is 0 Å². The van der Waals surface area contributed by atoms with Crippen LogP contribution in [0.1, 0.15) is 19.3 Å². The smallest absolute Gasteiger partial charge is 0.187 e. The van der Waals surface area contributed by atoms with E-state index in [9.17, 15) is 0 Å². The molecule has 0 spiro atoms. The second-order valence-electron chi connectivity index (χ2n) is 5.03. The lowest BCUT2D eigenvalue weighted by atomic mass is 10.1. The van der Waals surface area contributed by atoms with Gasteiger partial charge < -0.3 is 14.5 Å². The number of aromatic nitrogens is 1. The van der Waals surface area contributed by atoms with Crippen molar-refractivity contribution in [2.24, 2.45) is 0 Å². The molecule has 0 amide bonds. The van der Waals surface area contributed by atoms with Crippen LogP contribution in [-0.2, 0) is 4.74 Å². The molecule has 2 aliphatic rings. The van der Waals surface area contributed by atoms with Crippen molar-refractivity contribution in [2.45, 2.75) is 19.3 Å². The Bertz CT molecular complexity index is 406. The highest BCUT2D eigenvalue weighted by atomic mass is 35.7. The predicted octanol–water partition coefficient (Wildman–Crippen LogP) is -2.15. The summed E-state index contributed by atoms with van der Waals surface area (Å²) in [6.45, 7) is 5.96. The highest BCUT2D eigenvalue weighted by Gasteiger charge is 2.18. The Hall–Kier alpha value is -0.680. The third-order valence-corrected chi connectivity index (χ3v) is 4.33. The van der Waals surface area contributed by atoms with E-state index < -0.39 is 10.2 Å². The SMILES string of the molecule is [O-][Cl+3]([O-])([O-])O.c1sc(N2CCCCC2)nc1N1CCOCC1. The summed E-state index contributed by atoms with van der Waals surface area (Å²) in [6.07, 6.45) is 4.00. The zero-order valence-corrected chi connectivity index (χ0v) is 13.7. The third kappa shape index (κ3) is 6.21. The Kier molecular flexibility index (Phi) is 6.63. The molecular formula is C12H20ClN3O5S. The largest absolute Gasteiger partial charge is 0.378 e. The van der Waals surface area contributed by atoms with Crippen LogP contribution in [0.5, 0.6) is 0 Å². The van der Waals surface area contributed by atoms with Gasteiger partial charge in [-0.2, -0.15) is 14.0 Å². The molecule has 1 N–H and O–H groups in total. The van der Waals surface area contributed by atoms with Gasteiger partial charge in [0.15, 0.2) is 5.13 Å². The number of thiazole rings is 1. The summed E-state index contributed by atoms with van der Waals surface area (Å²) in [7, 11) is -4.69. The van der Waals surface area contributed by atoms with E-state index >= 15 is 0 Å². The van der Waals surface area contributed by atoms with Gasteiger partial charge in [0, 0.05) is 31.6 Å². The lowest BCUT2D eigenvalue weighted by Gasteiger charge is -2.28. The maximum atomic E-state index is 8.60. The van der Waals surface area contributed by atoms with Gasteiger partial charge in [-0.3, -0.25) is 0 Å². The molecule has 1 aromatic rings. The fourth-order valence-electron chi connectivity index (χ4n) is 2.42. The van der Waals surface area contributed by atoms with Crippen molar-refractivity contribution in [3.63, 3.8) is 0 Å². The van der Waals surface area contributed by atoms with Crippen LogP contribution < -0.4 is 23.8 Å². The molecule has 2 saturated heterocycles. The second kappa shape index (κ2) is 8.25. The molecule has 0 aromatic carbocycles. The molecule has 10 heteroatoms. The normalized spacial score (nSPS) is 19.6. The first-order valence-electron chi connectivity index (χ1n) is 7.10. The first kappa shape index (κ1) is 17.7. The molecule has 0 saturated carbocycles. The van der Waals surface area contributed by atoms with Gasteiger partial charge >= 0.3 is 0 Å². The van der Waals surface area contributed by atoms with Gasteiger partial charge in [0.2, 0.25) is 0 Å². The van der Waals surface area contributed by atoms with E-state index in [1.54, 1.807) is 11.3 Å². The van der Waals surface area contributed by atoms with Crippen LogP contribution in [0, 0.1) is 10.2 Å². The quantitative estimate of drug-likeness (QED) is 0.639. The number of ether oxygens (including phenoxy) is 1. The molecule has 3 heterocycles. The number of anilines is 2. The molecule has 8 nitrogen and oxygen atoms in total. The summed E-state index contributed by atoms with van der Waals surface area (Å²) in [6, 6.07) is 0. The number of piperidine rings is 1. The van der Waals surface area contributed by atoms with Crippen molar-refractivity contribution >= 4 is 22.3 Å². The summed E-state index contributed by atoms with van der Waals surface area (Å²) >= 11 is 1.78. The third-order valence-electron chi connectivity index (χ3n) is 3.44. The summed E-state index contributed by atoms with van der Waals surface area (Å²) < 4.78 is 38.1. The second-order valence-corrected chi connectivity index (χ2v) is 6.66. The van der Waals surface area contributed by atoms with E-state index in [4.69, 9.17) is 28.4 Å². The van der Waals surface area contributed by atoms with E-state index in [0.29, 0.717) is 0 Å².